The van der Waals surface area contributed by atoms with Gasteiger partial charge in [0.1, 0.15) is 17.6 Å². The fraction of sp³-hybridized carbons (Fsp3) is 0.353. The smallest absolute Gasteiger partial charge is 0.320 e. The van der Waals surface area contributed by atoms with Crippen LogP contribution in [0.25, 0.3) is 11.3 Å². The molecule has 1 aromatic carbocycles. The molecule has 23 heavy (non-hydrogen) atoms. The number of rotatable bonds is 7. The summed E-state index contributed by atoms with van der Waals surface area (Å²) >= 11 is 6.94. The Balaban J connectivity index is 2.06. The van der Waals surface area contributed by atoms with Crippen molar-refractivity contribution in [3.63, 3.8) is 0 Å². The number of furan rings is 1. The Hall–Kier alpha value is -1.11. The zero-order valence-electron chi connectivity index (χ0n) is 13.0. The fourth-order valence-electron chi connectivity index (χ4n) is 2.27. The second-order valence-corrected chi connectivity index (χ2v) is 7.56. The number of carboxylic acids is 1. The highest BCUT2D eigenvalue weighted by atomic mass is 79.9. The van der Waals surface area contributed by atoms with Gasteiger partial charge < -0.3 is 9.52 Å². The number of halogens is 2. The normalized spacial score (nSPS) is 12.6. The molecule has 0 aliphatic carbocycles. The molecule has 1 atom stereocenters. The molecule has 0 fully saturated rings. The van der Waals surface area contributed by atoms with Crippen molar-refractivity contribution < 1.29 is 14.3 Å². The van der Waals surface area contributed by atoms with Gasteiger partial charge in [-0.2, -0.15) is 0 Å². The lowest BCUT2D eigenvalue weighted by Gasteiger charge is -2.15. The minimum absolute atomic E-state index is 0.314. The molecule has 1 aromatic heterocycles. The van der Waals surface area contributed by atoms with Crippen LogP contribution < -0.4 is 5.32 Å². The van der Waals surface area contributed by atoms with Gasteiger partial charge in [-0.25, -0.2) is 0 Å². The van der Waals surface area contributed by atoms with Crippen molar-refractivity contribution in [2.24, 2.45) is 5.92 Å². The average molecular weight is 445 g/mol. The zero-order valence-corrected chi connectivity index (χ0v) is 16.1. The highest BCUT2D eigenvalue weighted by molar-refractivity contribution is 9.11. The van der Waals surface area contributed by atoms with Gasteiger partial charge in [0.25, 0.3) is 0 Å². The third-order valence-corrected chi connectivity index (χ3v) is 4.54. The molecule has 0 aliphatic heterocycles. The van der Waals surface area contributed by atoms with E-state index in [9.17, 15) is 9.90 Å². The monoisotopic (exact) mass is 443 g/mol. The maximum Gasteiger partial charge on any atom is 0.320 e. The Morgan fingerprint density at radius 3 is 2.61 bits per heavy atom. The van der Waals surface area contributed by atoms with Gasteiger partial charge in [0.15, 0.2) is 0 Å². The van der Waals surface area contributed by atoms with Crippen molar-refractivity contribution >= 4 is 37.8 Å². The Bertz CT molecular complexity index is 682. The van der Waals surface area contributed by atoms with E-state index in [2.05, 4.69) is 37.2 Å². The Morgan fingerprint density at radius 2 is 2.00 bits per heavy atom. The molecule has 2 aromatic rings. The van der Waals surface area contributed by atoms with Crippen LogP contribution in [0.1, 0.15) is 26.0 Å². The van der Waals surface area contributed by atoms with Gasteiger partial charge in [0.05, 0.1) is 6.54 Å². The van der Waals surface area contributed by atoms with E-state index < -0.39 is 12.0 Å². The number of hydrogen-bond acceptors (Lipinski definition) is 3. The third-order valence-electron chi connectivity index (χ3n) is 3.39. The van der Waals surface area contributed by atoms with Crippen molar-refractivity contribution in [1.82, 2.24) is 5.32 Å². The summed E-state index contributed by atoms with van der Waals surface area (Å²) in [5, 5.41) is 12.3. The molecule has 2 N–H and O–H groups in total. The van der Waals surface area contributed by atoms with Crippen LogP contribution in [0.5, 0.6) is 0 Å². The quantitative estimate of drug-likeness (QED) is 0.626. The molecule has 1 unspecified atom stereocenters. The summed E-state index contributed by atoms with van der Waals surface area (Å²) in [6.07, 6.45) is 0.584. The van der Waals surface area contributed by atoms with Crippen LogP contribution in [0.3, 0.4) is 0 Å². The van der Waals surface area contributed by atoms with Crippen LogP contribution >= 0.6 is 31.9 Å². The lowest BCUT2D eigenvalue weighted by Crippen LogP contribution is -2.37. The van der Waals surface area contributed by atoms with E-state index in [0.717, 1.165) is 20.3 Å². The van der Waals surface area contributed by atoms with Gasteiger partial charge in [-0.05, 0) is 58.6 Å². The number of benzene rings is 1. The van der Waals surface area contributed by atoms with E-state index >= 15 is 0 Å². The molecule has 0 amide bonds. The van der Waals surface area contributed by atoms with Crippen molar-refractivity contribution in [2.45, 2.75) is 32.9 Å². The van der Waals surface area contributed by atoms with Gasteiger partial charge in [0.2, 0.25) is 0 Å². The van der Waals surface area contributed by atoms with Crippen LogP contribution in [0.15, 0.2) is 43.7 Å². The number of aliphatic carboxylic acids is 1. The molecule has 0 spiro atoms. The molecule has 0 saturated heterocycles. The SMILES string of the molecule is CC(C)CC(NCc1ccc(-c2ccc(Br)cc2Br)o1)C(=O)O. The molecule has 1 heterocycles. The van der Waals surface area contributed by atoms with Crippen LogP contribution in [-0.4, -0.2) is 17.1 Å². The second-order valence-electron chi connectivity index (χ2n) is 5.79. The zero-order chi connectivity index (χ0) is 17.0. The van der Waals surface area contributed by atoms with Gasteiger partial charge >= 0.3 is 5.97 Å². The summed E-state index contributed by atoms with van der Waals surface area (Å²) in [6.45, 7) is 4.40. The lowest BCUT2D eigenvalue weighted by molar-refractivity contribution is -0.140. The van der Waals surface area contributed by atoms with Crippen molar-refractivity contribution in [3.05, 3.63) is 45.0 Å². The summed E-state index contributed by atoms with van der Waals surface area (Å²) in [5.41, 5.74) is 0.955. The van der Waals surface area contributed by atoms with E-state index in [0.29, 0.717) is 24.6 Å². The molecular weight excluding hydrogens is 426 g/mol. The molecule has 0 radical (unpaired) electrons. The van der Waals surface area contributed by atoms with E-state index in [1.165, 1.54) is 0 Å². The predicted molar refractivity (Wildman–Crippen MR) is 97.3 cm³/mol. The fourth-order valence-corrected chi connectivity index (χ4v) is 3.52. The Kier molecular flexibility index (Phi) is 6.44. The summed E-state index contributed by atoms with van der Waals surface area (Å²) in [5.74, 6) is 0.942. The average Bonchev–Trinajstić information content (AvgIpc) is 2.91. The molecule has 2 rings (SSSR count). The summed E-state index contributed by atoms with van der Waals surface area (Å²) < 4.78 is 7.74. The Morgan fingerprint density at radius 1 is 1.26 bits per heavy atom. The molecule has 6 heteroatoms. The Labute approximate surface area is 152 Å². The summed E-state index contributed by atoms with van der Waals surface area (Å²) in [7, 11) is 0. The van der Waals surface area contributed by atoms with Gasteiger partial charge in [-0.3, -0.25) is 10.1 Å². The number of carboxylic acid groups (broad SMARTS) is 1. The standard InChI is InChI=1S/C17H19Br2NO3/c1-10(2)7-15(17(21)22)20-9-12-4-6-16(23-12)13-5-3-11(18)8-14(13)19/h3-6,8,10,15,20H,7,9H2,1-2H3,(H,21,22). The third kappa shape index (κ3) is 5.19. The van der Waals surface area contributed by atoms with Crippen LogP contribution in [0, 0.1) is 5.92 Å². The van der Waals surface area contributed by atoms with Crippen molar-refractivity contribution in [3.8, 4) is 11.3 Å². The molecule has 0 aliphatic rings. The highest BCUT2D eigenvalue weighted by Gasteiger charge is 2.18. The molecular formula is C17H19Br2NO3. The topological polar surface area (TPSA) is 62.5 Å². The van der Waals surface area contributed by atoms with E-state index in [1.807, 2.05) is 44.2 Å². The predicted octanol–water partition coefficient (Wildman–Crippen LogP) is 5.06. The van der Waals surface area contributed by atoms with Crippen LogP contribution in [0.2, 0.25) is 0 Å². The molecule has 4 nitrogen and oxygen atoms in total. The van der Waals surface area contributed by atoms with Crippen molar-refractivity contribution in [2.75, 3.05) is 0 Å². The minimum atomic E-state index is -0.832. The van der Waals surface area contributed by atoms with E-state index in [4.69, 9.17) is 4.42 Å². The van der Waals surface area contributed by atoms with Crippen molar-refractivity contribution in [1.29, 1.82) is 0 Å². The first kappa shape index (κ1) is 18.2. The van der Waals surface area contributed by atoms with Gasteiger partial charge in [-0.15, -0.1) is 0 Å². The maximum atomic E-state index is 11.3. The second kappa shape index (κ2) is 8.13. The lowest BCUT2D eigenvalue weighted by atomic mass is 10.0. The van der Waals surface area contributed by atoms with Crippen LogP contribution in [0.4, 0.5) is 0 Å². The summed E-state index contributed by atoms with van der Waals surface area (Å²) in [4.78, 5) is 11.3. The first-order valence-corrected chi connectivity index (χ1v) is 8.95. The van der Waals surface area contributed by atoms with Gasteiger partial charge in [-0.1, -0.05) is 29.8 Å². The number of hydrogen-bond donors (Lipinski definition) is 2. The minimum Gasteiger partial charge on any atom is -0.480 e. The van der Waals surface area contributed by atoms with Crippen LogP contribution in [-0.2, 0) is 11.3 Å². The largest absolute Gasteiger partial charge is 0.480 e. The molecule has 124 valence electrons. The van der Waals surface area contributed by atoms with Gasteiger partial charge in [0, 0.05) is 14.5 Å². The summed E-state index contributed by atoms with van der Waals surface area (Å²) in [6, 6.07) is 9.06. The molecule has 0 saturated carbocycles. The maximum absolute atomic E-state index is 11.3. The number of nitrogens with one attached hydrogen (secondary N) is 1. The molecule has 0 bridgehead atoms. The highest BCUT2D eigenvalue weighted by Crippen LogP contribution is 2.31. The van der Waals surface area contributed by atoms with E-state index in [-0.39, 0.29) is 0 Å². The first-order valence-electron chi connectivity index (χ1n) is 7.37. The first-order chi connectivity index (χ1) is 10.9. The van der Waals surface area contributed by atoms with E-state index in [1.54, 1.807) is 0 Å². The number of carbonyl (C=O) groups is 1.